The summed E-state index contributed by atoms with van der Waals surface area (Å²) in [5.41, 5.74) is 2.51. The van der Waals surface area contributed by atoms with Crippen molar-refractivity contribution in [1.29, 1.82) is 0 Å². The van der Waals surface area contributed by atoms with Gasteiger partial charge in [0, 0.05) is 23.1 Å². The van der Waals surface area contributed by atoms with E-state index in [9.17, 15) is 0 Å². The van der Waals surface area contributed by atoms with E-state index in [1.165, 1.54) is 11.1 Å². The highest BCUT2D eigenvalue weighted by atomic mass is 79.9. The summed E-state index contributed by atoms with van der Waals surface area (Å²) in [5.74, 6) is 1.01. The van der Waals surface area contributed by atoms with E-state index in [4.69, 9.17) is 4.42 Å². The molecule has 0 atom stereocenters. The molecule has 0 unspecified atom stereocenters. The van der Waals surface area contributed by atoms with Gasteiger partial charge in [-0.2, -0.15) is 0 Å². The van der Waals surface area contributed by atoms with E-state index in [-0.39, 0.29) is 0 Å². The molecule has 0 spiro atoms. The number of nitrogens with one attached hydrogen (secondary N) is 1. The largest absolute Gasteiger partial charge is 0.468 e. The Hall–Kier alpha value is -1.10. The number of nitrogens with zero attached hydrogens (tertiary/aromatic N) is 1. The molecule has 4 heteroatoms. The van der Waals surface area contributed by atoms with Gasteiger partial charge in [0.25, 0.3) is 0 Å². The van der Waals surface area contributed by atoms with Crippen LogP contribution in [0.4, 0.5) is 0 Å². The number of benzene rings is 1. The molecule has 0 radical (unpaired) electrons. The molecule has 0 saturated carbocycles. The van der Waals surface area contributed by atoms with Crippen LogP contribution in [0.5, 0.6) is 0 Å². The summed E-state index contributed by atoms with van der Waals surface area (Å²) in [4.78, 5) is 2.25. The SMILES string of the molecule is CCNCc1coc(CN(C)Cc2ccc(Br)cc2)c1. The van der Waals surface area contributed by atoms with Crippen molar-refractivity contribution in [1.82, 2.24) is 10.2 Å². The van der Waals surface area contributed by atoms with Crippen molar-refractivity contribution < 1.29 is 4.42 Å². The maximum atomic E-state index is 5.60. The third kappa shape index (κ3) is 4.78. The Morgan fingerprint density at radius 3 is 2.60 bits per heavy atom. The third-order valence-corrected chi connectivity index (χ3v) is 3.61. The molecular formula is C16H21BrN2O. The van der Waals surface area contributed by atoms with Gasteiger partial charge in [-0.25, -0.2) is 0 Å². The molecule has 20 heavy (non-hydrogen) atoms. The van der Waals surface area contributed by atoms with Gasteiger partial charge in [0.15, 0.2) is 0 Å². The first-order valence-electron chi connectivity index (χ1n) is 6.87. The first kappa shape index (κ1) is 15.3. The first-order valence-corrected chi connectivity index (χ1v) is 7.66. The Balaban J connectivity index is 1.86. The van der Waals surface area contributed by atoms with Crippen molar-refractivity contribution in [3.63, 3.8) is 0 Å². The highest BCUT2D eigenvalue weighted by molar-refractivity contribution is 9.10. The summed E-state index contributed by atoms with van der Waals surface area (Å²) in [7, 11) is 2.11. The minimum atomic E-state index is 0.822. The maximum Gasteiger partial charge on any atom is 0.118 e. The fourth-order valence-electron chi connectivity index (χ4n) is 2.09. The number of hydrogen-bond acceptors (Lipinski definition) is 3. The van der Waals surface area contributed by atoms with E-state index in [1.807, 2.05) is 6.26 Å². The summed E-state index contributed by atoms with van der Waals surface area (Å²) in [6, 6.07) is 10.6. The van der Waals surface area contributed by atoms with E-state index >= 15 is 0 Å². The number of furan rings is 1. The van der Waals surface area contributed by atoms with Crippen molar-refractivity contribution in [3.05, 3.63) is 58.0 Å². The third-order valence-electron chi connectivity index (χ3n) is 3.08. The van der Waals surface area contributed by atoms with Gasteiger partial charge in [-0.1, -0.05) is 35.0 Å². The van der Waals surface area contributed by atoms with Gasteiger partial charge in [0.05, 0.1) is 12.8 Å². The van der Waals surface area contributed by atoms with Crippen LogP contribution in [0.1, 0.15) is 23.8 Å². The average molecular weight is 337 g/mol. The van der Waals surface area contributed by atoms with Gasteiger partial charge in [-0.15, -0.1) is 0 Å². The van der Waals surface area contributed by atoms with Gasteiger partial charge in [-0.3, -0.25) is 4.90 Å². The van der Waals surface area contributed by atoms with Crippen LogP contribution in [-0.2, 0) is 19.6 Å². The van der Waals surface area contributed by atoms with Gasteiger partial charge >= 0.3 is 0 Å². The Bertz CT molecular complexity index is 522. The van der Waals surface area contributed by atoms with Crippen LogP contribution in [0.3, 0.4) is 0 Å². The fourth-order valence-corrected chi connectivity index (χ4v) is 2.36. The topological polar surface area (TPSA) is 28.4 Å². The Morgan fingerprint density at radius 2 is 1.90 bits per heavy atom. The van der Waals surface area contributed by atoms with Gasteiger partial charge in [0.1, 0.15) is 5.76 Å². The quantitative estimate of drug-likeness (QED) is 0.833. The minimum absolute atomic E-state index is 0.822. The zero-order valence-electron chi connectivity index (χ0n) is 12.0. The van der Waals surface area contributed by atoms with Gasteiger partial charge in [-0.05, 0) is 37.4 Å². The minimum Gasteiger partial charge on any atom is -0.468 e. The summed E-state index contributed by atoms with van der Waals surface area (Å²) in [6.45, 7) is 5.69. The van der Waals surface area contributed by atoms with Crippen molar-refractivity contribution in [2.24, 2.45) is 0 Å². The molecule has 0 bridgehead atoms. The summed E-state index contributed by atoms with van der Waals surface area (Å²) < 4.78 is 6.71. The monoisotopic (exact) mass is 336 g/mol. The maximum absolute atomic E-state index is 5.60. The van der Waals surface area contributed by atoms with Crippen LogP contribution < -0.4 is 5.32 Å². The number of rotatable bonds is 7. The lowest BCUT2D eigenvalue weighted by Gasteiger charge is -2.15. The van der Waals surface area contributed by atoms with Crippen LogP contribution in [0.25, 0.3) is 0 Å². The summed E-state index contributed by atoms with van der Waals surface area (Å²) >= 11 is 3.45. The van der Waals surface area contributed by atoms with Crippen LogP contribution in [0, 0.1) is 0 Å². The highest BCUT2D eigenvalue weighted by Crippen LogP contribution is 2.14. The van der Waals surface area contributed by atoms with E-state index in [0.717, 1.165) is 36.4 Å². The average Bonchev–Trinajstić information content (AvgIpc) is 2.86. The van der Waals surface area contributed by atoms with E-state index in [2.05, 4.69) is 70.4 Å². The lowest BCUT2D eigenvalue weighted by Crippen LogP contribution is -2.16. The number of hydrogen-bond donors (Lipinski definition) is 1. The highest BCUT2D eigenvalue weighted by Gasteiger charge is 2.06. The Kier molecular flexibility index (Phi) is 5.83. The molecule has 0 amide bonds. The second kappa shape index (κ2) is 7.62. The molecule has 108 valence electrons. The van der Waals surface area contributed by atoms with Crippen molar-refractivity contribution in [3.8, 4) is 0 Å². The smallest absolute Gasteiger partial charge is 0.118 e. The molecule has 0 aliphatic heterocycles. The fraction of sp³-hybridized carbons (Fsp3) is 0.375. The molecular weight excluding hydrogens is 316 g/mol. The number of halogens is 1. The van der Waals surface area contributed by atoms with Crippen LogP contribution >= 0.6 is 15.9 Å². The first-order chi connectivity index (χ1) is 9.67. The molecule has 1 aromatic heterocycles. The molecule has 0 saturated heterocycles. The van der Waals surface area contributed by atoms with Crippen LogP contribution in [0.15, 0.2) is 45.5 Å². The zero-order valence-corrected chi connectivity index (χ0v) is 13.6. The van der Waals surface area contributed by atoms with Crippen LogP contribution in [0.2, 0.25) is 0 Å². The van der Waals surface area contributed by atoms with Crippen molar-refractivity contribution in [2.45, 2.75) is 26.6 Å². The Morgan fingerprint density at radius 1 is 1.15 bits per heavy atom. The molecule has 0 aliphatic carbocycles. The lowest BCUT2D eigenvalue weighted by molar-refractivity contribution is 0.288. The zero-order chi connectivity index (χ0) is 14.4. The van der Waals surface area contributed by atoms with E-state index in [0.29, 0.717) is 0 Å². The van der Waals surface area contributed by atoms with E-state index < -0.39 is 0 Å². The van der Waals surface area contributed by atoms with Gasteiger partial charge < -0.3 is 9.73 Å². The van der Waals surface area contributed by atoms with Crippen molar-refractivity contribution >= 4 is 15.9 Å². The van der Waals surface area contributed by atoms with Gasteiger partial charge in [0.2, 0.25) is 0 Å². The van der Waals surface area contributed by atoms with E-state index in [1.54, 1.807) is 0 Å². The molecule has 1 aromatic carbocycles. The molecule has 2 aromatic rings. The lowest BCUT2D eigenvalue weighted by atomic mass is 10.2. The second-order valence-corrected chi connectivity index (χ2v) is 5.92. The standard InChI is InChI=1S/C16H21BrN2O/c1-3-18-9-14-8-16(20-12-14)11-19(2)10-13-4-6-15(17)7-5-13/h4-8,12,18H,3,9-11H2,1-2H3. The summed E-state index contributed by atoms with van der Waals surface area (Å²) in [5, 5.41) is 3.30. The molecule has 0 aliphatic rings. The predicted octanol–water partition coefficient (Wildman–Crippen LogP) is 3.78. The summed E-state index contributed by atoms with van der Waals surface area (Å²) in [6.07, 6.45) is 1.84. The van der Waals surface area contributed by atoms with Crippen molar-refractivity contribution in [2.75, 3.05) is 13.6 Å². The second-order valence-electron chi connectivity index (χ2n) is 5.00. The molecule has 2 rings (SSSR count). The Labute approximate surface area is 129 Å². The molecule has 3 nitrogen and oxygen atoms in total. The predicted molar refractivity (Wildman–Crippen MR) is 85.4 cm³/mol. The molecule has 1 N–H and O–H groups in total. The molecule has 0 fully saturated rings. The molecule has 1 heterocycles. The van der Waals surface area contributed by atoms with Crippen LogP contribution in [-0.4, -0.2) is 18.5 Å². The normalized spacial score (nSPS) is 11.2.